The van der Waals surface area contributed by atoms with Crippen molar-refractivity contribution in [2.45, 2.75) is 26.8 Å². The van der Waals surface area contributed by atoms with E-state index < -0.39 is 0 Å². The summed E-state index contributed by atoms with van der Waals surface area (Å²) in [4.78, 5) is 4.00. The standard InChI is InChI=1S/C10H16N2O/c1-7(2)8(3)12-9(4)10-5-13-6-11-10/h5-8,12H,4H2,1-3H3/t8-/m1/s1. The minimum Gasteiger partial charge on any atom is -0.451 e. The van der Waals surface area contributed by atoms with Crippen LogP contribution in [0, 0.1) is 5.92 Å². The van der Waals surface area contributed by atoms with E-state index in [9.17, 15) is 0 Å². The molecule has 3 heteroatoms. The van der Waals surface area contributed by atoms with Crippen LogP contribution in [0.15, 0.2) is 23.7 Å². The predicted molar refractivity (Wildman–Crippen MR) is 53.0 cm³/mol. The summed E-state index contributed by atoms with van der Waals surface area (Å²) in [6.07, 6.45) is 2.99. The Morgan fingerprint density at radius 3 is 2.69 bits per heavy atom. The highest BCUT2D eigenvalue weighted by atomic mass is 16.3. The van der Waals surface area contributed by atoms with Crippen LogP contribution in [-0.2, 0) is 0 Å². The molecule has 0 aliphatic rings. The number of oxazole rings is 1. The number of nitrogens with zero attached hydrogens (tertiary/aromatic N) is 1. The third kappa shape index (κ3) is 2.61. The maximum absolute atomic E-state index is 4.87. The van der Waals surface area contributed by atoms with Crippen LogP contribution in [0.3, 0.4) is 0 Å². The Hall–Kier alpha value is -1.25. The van der Waals surface area contributed by atoms with E-state index in [2.05, 4.69) is 37.7 Å². The normalized spacial score (nSPS) is 12.9. The molecule has 0 spiro atoms. The zero-order chi connectivity index (χ0) is 9.84. The zero-order valence-corrected chi connectivity index (χ0v) is 8.37. The highest BCUT2D eigenvalue weighted by Gasteiger charge is 2.09. The van der Waals surface area contributed by atoms with Crippen molar-refractivity contribution in [1.29, 1.82) is 0 Å². The second-order valence-corrected chi connectivity index (χ2v) is 3.53. The summed E-state index contributed by atoms with van der Waals surface area (Å²) >= 11 is 0. The topological polar surface area (TPSA) is 38.1 Å². The smallest absolute Gasteiger partial charge is 0.181 e. The molecule has 0 radical (unpaired) electrons. The van der Waals surface area contributed by atoms with Gasteiger partial charge in [-0.15, -0.1) is 0 Å². The largest absolute Gasteiger partial charge is 0.451 e. The molecule has 0 unspecified atom stereocenters. The van der Waals surface area contributed by atoms with E-state index in [0.29, 0.717) is 12.0 Å². The Kier molecular flexibility index (Phi) is 3.12. The molecule has 0 aromatic carbocycles. The van der Waals surface area contributed by atoms with Crippen LogP contribution < -0.4 is 5.32 Å². The summed E-state index contributed by atoms with van der Waals surface area (Å²) in [5.41, 5.74) is 1.59. The van der Waals surface area contributed by atoms with Crippen molar-refractivity contribution < 1.29 is 4.42 Å². The average molecular weight is 180 g/mol. The Balaban J connectivity index is 2.52. The zero-order valence-electron chi connectivity index (χ0n) is 8.37. The first kappa shape index (κ1) is 9.84. The molecule has 1 aromatic heterocycles. The molecule has 13 heavy (non-hydrogen) atoms. The molecule has 0 aliphatic heterocycles. The summed E-state index contributed by atoms with van der Waals surface area (Å²) in [7, 11) is 0. The molecular weight excluding hydrogens is 164 g/mol. The van der Waals surface area contributed by atoms with Crippen molar-refractivity contribution in [3.63, 3.8) is 0 Å². The van der Waals surface area contributed by atoms with Gasteiger partial charge in [-0.05, 0) is 12.8 Å². The maximum atomic E-state index is 4.87. The van der Waals surface area contributed by atoms with Crippen molar-refractivity contribution in [3.8, 4) is 0 Å². The van der Waals surface area contributed by atoms with Crippen LogP contribution >= 0.6 is 0 Å². The molecule has 72 valence electrons. The van der Waals surface area contributed by atoms with Crippen molar-refractivity contribution >= 4 is 5.70 Å². The number of aromatic nitrogens is 1. The molecule has 1 N–H and O–H groups in total. The number of hydrogen-bond donors (Lipinski definition) is 1. The highest BCUT2D eigenvalue weighted by Crippen LogP contribution is 2.09. The molecule has 1 aromatic rings. The summed E-state index contributed by atoms with van der Waals surface area (Å²) in [5, 5.41) is 3.26. The lowest BCUT2D eigenvalue weighted by Gasteiger charge is -2.19. The van der Waals surface area contributed by atoms with Gasteiger partial charge in [0.05, 0.1) is 5.70 Å². The van der Waals surface area contributed by atoms with E-state index in [4.69, 9.17) is 4.42 Å². The molecule has 1 atom stereocenters. The van der Waals surface area contributed by atoms with Gasteiger partial charge in [0.2, 0.25) is 0 Å². The van der Waals surface area contributed by atoms with E-state index in [1.807, 2.05) is 0 Å². The molecule has 0 fully saturated rings. The molecule has 0 amide bonds. The van der Waals surface area contributed by atoms with Crippen molar-refractivity contribution in [2.24, 2.45) is 5.92 Å². The van der Waals surface area contributed by atoms with Gasteiger partial charge < -0.3 is 9.73 Å². The summed E-state index contributed by atoms with van der Waals surface area (Å²) in [6.45, 7) is 10.3. The Morgan fingerprint density at radius 2 is 2.23 bits per heavy atom. The first-order valence-electron chi connectivity index (χ1n) is 4.45. The van der Waals surface area contributed by atoms with Crippen LogP contribution in [0.25, 0.3) is 5.70 Å². The quantitative estimate of drug-likeness (QED) is 0.772. The third-order valence-corrected chi connectivity index (χ3v) is 2.14. The monoisotopic (exact) mass is 180 g/mol. The lowest BCUT2D eigenvalue weighted by Crippen LogP contribution is -2.29. The fraction of sp³-hybridized carbons (Fsp3) is 0.500. The van der Waals surface area contributed by atoms with Crippen LogP contribution in [0.1, 0.15) is 26.5 Å². The average Bonchev–Trinajstić information content (AvgIpc) is 2.55. The minimum atomic E-state index is 0.393. The van der Waals surface area contributed by atoms with Crippen LogP contribution in [0.2, 0.25) is 0 Å². The molecule has 0 aliphatic carbocycles. The SMILES string of the molecule is C=C(N[C@H](C)C(C)C)c1cocn1. The third-order valence-electron chi connectivity index (χ3n) is 2.14. The highest BCUT2D eigenvalue weighted by molar-refractivity contribution is 5.56. The van der Waals surface area contributed by atoms with E-state index in [0.717, 1.165) is 11.4 Å². The van der Waals surface area contributed by atoms with Gasteiger partial charge in [-0.1, -0.05) is 20.4 Å². The molecule has 3 nitrogen and oxygen atoms in total. The van der Waals surface area contributed by atoms with E-state index in [1.165, 1.54) is 6.39 Å². The van der Waals surface area contributed by atoms with Crippen molar-refractivity contribution in [3.05, 3.63) is 24.9 Å². The number of rotatable bonds is 4. The van der Waals surface area contributed by atoms with Gasteiger partial charge in [-0.2, -0.15) is 0 Å². The van der Waals surface area contributed by atoms with Crippen LogP contribution in [-0.4, -0.2) is 11.0 Å². The van der Waals surface area contributed by atoms with E-state index >= 15 is 0 Å². The summed E-state index contributed by atoms with van der Waals surface area (Å²) in [6, 6.07) is 0.393. The van der Waals surface area contributed by atoms with Crippen LogP contribution in [0.4, 0.5) is 0 Å². The van der Waals surface area contributed by atoms with Gasteiger partial charge in [0, 0.05) is 6.04 Å². The fourth-order valence-electron chi connectivity index (χ4n) is 0.877. The van der Waals surface area contributed by atoms with Gasteiger partial charge in [0.25, 0.3) is 0 Å². The van der Waals surface area contributed by atoms with Gasteiger partial charge >= 0.3 is 0 Å². The van der Waals surface area contributed by atoms with E-state index in [1.54, 1.807) is 6.26 Å². The lowest BCUT2D eigenvalue weighted by molar-refractivity contribution is 0.480. The second kappa shape index (κ2) is 4.12. The fourth-order valence-corrected chi connectivity index (χ4v) is 0.877. The minimum absolute atomic E-state index is 0.393. The molecule has 0 saturated carbocycles. The van der Waals surface area contributed by atoms with Gasteiger partial charge in [-0.3, -0.25) is 0 Å². The van der Waals surface area contributed by atoms with Gasteiger partial charge in [-0.25, -0.2) is 4.98 Å². The van der Waals surface area contributed by atoms with Crippen molar-refractivity contribution in [2.75, 3.05) is 0 Å². The van der Waals surface area contributed by atoms with Crippen LogP contribution in [0.5, 0.6) is 0 Å². The second-order valence-electron chi connectivity index (χ2n) is 3.53. The van der Waals surface area contributed by atoms with Gasteiger partial charge in [0.15, 0.2) is 6.39 Å². The van der Waals surface area contributed by atoms with Crippen molar-refractivity contribution in [1.82, 2.24) is 10.3 Å². The first-order chi connectivity index (χ1) is 6.11. The number of nitrogens with one attached hydrogen (secondary N) is 1. The maximum Gasteiger partial charge on any atom is 0.181 e. The lowest BCUT2D eigenvalue weighted by atomic mass is 10.1. The Bertz CT molecular complexity index is 264. The van der Waals surface area contributed by atoms with E-state index in [-0.39, 0.29) is 0 Å². The number of hydrogen-bond acceptors (Lipinski definition) is 3. The molecule has 1 heterocycles. The first-order valence-corrected chi connectivity index (χ1v) is 4.45. The Morgan fingerprint density at radius 1 is 1.54 bits per heavy atom. The summed E-state index contributed by atoms with van der Waals surface area (Å²) < 4.78 is 4.87. The molecule has 0 saturated heterocycles. The Labute approximate surface area is 78.9 Å². The summed E-state index contributed by atoms with van der Waals surface area (Å²) in [5.74, 6) is 0.573. The predicted octanol–water partition coefficient (Wildman–Crippen LogP) is 2.28. The molecule has 1 rings (SSSR count). The molecular formula is C10H16N2O. The van der Waals surface area contributed by atoms with Gasteiger partial charge in [0.1, 0.15) is 12.0 Å². The molecule has 0 bridgehead atoms.